The topological polar surface area (TPSA) is 43.6 Å². The van der Waals surface area contributed by atoms with Crippen LogP contribution in [0.2, 0.25) is 10.0 Å². The minimum absolute atomic E-state index is 0.152. The van der Waals surface area contributed by atoms with Crippen LogP contribution in [0.15, 0.2) is 41.9 Å². The lowest BCUT2D eigenvalue weighted by Crippen LogP contribution is -2.07. The summed E-state index contributed by atoms with van der Waals surface area (Å²) >= 11 is 13.5. The maximum Gasteiger partial charge on any atom is 0.416 e. The van der Waals surface area contributed by atoms with Crippen LogP contribution in [0.3, 0.4) is 0 Å². The van der Waals surface area contributed by atoms with Crippen molar-refractivity contribution in [3.63, 3.8) is 0 Å². The molecule has 0 aliphatic rings. The van der Waals surface area contributed by atoms with Crippen LogP contribution in [0.25, 0.3) is 16.9 Å². The predicted octanol–water partition coefficient (Wildman–Crippen LogP) is 5.38. The fraction of sp³-hybridized carbons (Fsp3) is 0.133. The van der Waals surface area contributed by atoms with Crippen molar-refractivity contribution < 1.29 is 13.2 Å². The predicted molar refractivity (Wildman–Crippen MR) is 91.4 cm³/mol. The Morgan fingerprint density at radius 3 is 2.32 bits per heavy atom. The molecule has 0 bridgehead atoms. The van der Waals surface area contributed by atoms with Crippen LogP contribution in [0.5, 0.6) is 0 Å². The van der Waals surface area contributed by atoms with Gasteiger partial charge in [-0.2, -0.15) is 18.3 Å². The van der Waals surface area contributed by atoms with Gasteiger partial charge < -0.3 is 0 Å². The number of thioether (sulfide) groups is 1. The monoisotopic (exact) mass is 404 g/mol. The highest BCUT2D eigenvalue weighted by Gasteiger charge is 2.32. The lowest BCUT2D eigenvalue weighted by Gasteiger charge is -2.12. The molecule has 3 aromatic rings. The van der Waals surface area contributed by atoms with Crippen LogP contribution in [-0.4, -0.2) is 26.0 Å². The molecule has 2 heterocycles. The summed E-state index contributed by atoms with van der Waals surface area (Å²) in [5.41, 5.74) is 0.504. The second-order valence-corrected chi connectivity index (χ2v) is 6.48. The molecule has 0 radical (unpaired) electrons. The van der Waals surface area contributed by atoms with Crippen molar-refractivity contribution in [3.05, 3.63) is 52.5 Å². The minimum atomic E-state index is -4.54. The largest absolute Gasteiger partial charge is 0.416 e. The van der Waals surface area contributed by atoms with Gasteiger partial charge in [0.05, 0.1) is 33.1 Å². The molecule has 4 nitrogen and oxygen atoms in total. The van der Waals surface area contributed by atoms with E-state index in [2.05, 4.69) is 15.1 Å². The third-order valence-corrected chi connectivity index (χ3v) is 4.55. The van der Waals surface area contributed by atoms with Gasteiger partial charge in [-0.25, -0.2) is 4.68 Å². The van der Waals surface area contributed by atoms with E-state index < -0.39 is 11.7 Å². The second-order valence-electron chi connectivity index (χ2n) is 4.87. The smallest absolute Gasteiger partial charge is 0.261 e. The Balaban J connectivity index is 2.14. The van der Waals surface area contributed by atoms with Crippen molar-refractivity contribution in [3.8, 4) is 16.9 Å². The van der Waals surface area contributed by atoms with Crippen LogP contribution >= 0.6 is 35.0 Å². The molecule has 0 saturated carbocycles. The minimum Gasteiger partial charge on any atom is -0.261 e. The van der Waals surface area contributed by atoms with Gasteiger partial charge in [0.1, 0.15) is 10.7 Å². The number of hydrogen-bond donors (Lipinski definition) is 0. The molecule has 0 aliphatic carbocycles. The Kier molecular flexibility index (Phi) is 4.95. The number of rotatable bonds is 3. The Morgan fingerprint density at radius 2 is 1.80 bits per heavy atom. The van der Waals surface area contributed by atoms with E-state index in [1.165, 1.54) is 28.8 Å². The van der Waals surface area contributed by atoms with E-state index in [0.29, 0.717) is 16.3 Å². The summed E-state index contributed by atoms with van der Waals surface area (Å²) in [4.78, 5) is 8.22. The van der Waals surface area contributed by atoms with Crippen LogP contribution in [0.4, 0.5) is 13.2 Å². The summed E-state index contributed by atoms with van der Waals surface area (Å²) < 4.78 is 40.0. The molecule has 130 valence electrons. The fourth-order valence-electron chi connectivity index (χ4n) is 2.19. The van der Waals surface area contributed by atoms with Crippen LogP contribution in [-0.2, 0) is 6.18 Å². The molecule has 0 fully saturated rings. The van der Waals surface area contributed by atoms with Crippen molar-refractivity contribution in [2.24, 2.45) is 0 Å². The first-order valence-corrected chi connectivity index (χ1v) is 8.76. The average molecular weight is 405 g/mol. The van der Waals surface area contributed by atoms with Gasteiger partial charge in [-0.15, -0.1) is 11.8 Å². The Bertz CT molecular complexity index is 890. The molecule has 0 spiro atoms. The molecular weight excluding hydrogens is 396 g/mol. The first kappa shape index (κ1) is 18.0. The highest BCUT2D eigenvalue weighted by atomic mass is 35.5. The standard InChI is InChI=1S/C15H9Cl2F3N4S/c1-25-14-9(12-6-21-2-3-22-12)7-24(23-14)13-10(16)4-8(5-11(13)17)15(18,19)20/h2-7H,1H3. The number of nitrogens with zero attached hydrogens (tertiary/aromatic N) is 4. The van der Waals surface area contributed by atoms with E-state index in [-0.39, 0.29) is 15.7 Å². The summed E-state index contributed by atoms with van der Waals surface area (Å²) in [6.45, 7) is 0. The van der Waals surface area contributed by atoms with E-state index in [0.717, 1.165) is 12.1 Å². The van der Waals surface area contributed by atoms with E-state index in [1.54, 1.807) is 12.4 Å². The van der Waals surface area contributed by atoms with Gasteiger partial charge in [0, 0.05) is 18.6 Å². The quantitative estimate of drug-likeness (QED) is 0.549. The SMILES string of the molecule is CSc1nn(-c2c(Cl)cc(C(F)(F)F)cc2Cl)cc1-c1cnccn1. The van der Waals surface area contributed by atoms with Crippen molar-refractivity contribution >= 4 is 35.0 Å². The highest BCUT2D eigenvalue weighted by molar-refractivity contribution is 7.98. The van der Waals surface area contributed by atoms with Crippen molar-refractivity contribution in [2.45, 2.75) is 11.2 Å². The van der Waals surface area contributed by atoms with Gasteiger partial charge >= 0.3 is 6.18 Å². The Labute approximate surface area is 155 Å². The summed E-state index contributed by atoms with van der Waals surface area (Å²) in [6, 6.07) is 1.65. The molecule has 0 atom stereocenters. The molecule has 0 unspecified atom stereocenters. The zero-order valence-electron chi connectivity index (χ0n) is 12.6. The van der Waals surface area contributed by atoms with Gasteiger partial charge in [0.25, 0.3) is 0 Å². The van der Waals surface area contributed by atoms with Crippen LogP contribution < -0.4 is 0 Å². The highest BCUT2D eigenvalue weighted by Crippen LogP contribution is 2.38. The fourth-order valence-corrected chi connectivity index (χ4v) is 3.39. The number of halogens is 5. The lowest BCUT2D eigenvalue weighted by atomic mass is 10.2. The van der Waals surface area contributed by atoms with Gasteiger partial charge in [0.15, 0.2) is 0 Å². The molecule has 0 saturated heterocycles. The molecule has 25 heavy (non-hydrogen) atoms. The maximum absolute atomic E-state index is 12.9. The number of benzene rings is 1. The summed E-state index contributed by atoms with van der Waals surface area (Å²) in [7, 11) is 0. The molecular formula is C15H9Cl2F3N4S. The normalized spacial score (nSPS) is 11.8. The van der Waals surface area contributed by atoms with Crippen molar-refractivity contribution in [2.75, 3.05) is 6.26 Å². The van der Waals surface area contributed by atoms with E-state index in [4.69, 9.17) is 23.2 Å². The Morgan fingerprint density at radius 1 is 1.12 bits per heavy atom. The lowest BCUT2D eigenvalue weighted by molar-refractivity contribution is -0.137. The number of hydrogen-bond acceptors (Lipinski definition) is 4. The maximum atomic E-state index is 12.9. The van der Waals surface area contributed by atoms with E-state index in [9.17, 15) is 13.2 Å². The molecule has 0 amide bonds. The molecule has 0 N–H and O–H groups in total. The molecule has 10 heteroatoms. The summed E-state index contributed by atoms with van der Waals surface area (Å²) in [6.07, 6.45) is 3.53. The van der Waals surface area contributed by atoms with Crippen molar-refractivity contribution in [1.29, 1.82) is 0 Å². The van der Waals surface area contributed by atoms with Gasteiger partial charge in [-0.3, -0.25) is 9.97 Å². The zero-order chi connectivity index (χ0) is 18.2. The summed E-state index contributed by atoms with van der Waals surface area (Å²) in [5, 5.41) is 4.66. The molecule has 0 aliphatic heterocycles. The second kappa shape index (κ2) is 6.86. The summed E-state index contributed by atoms with van der Waals surface area (Å²) in [5.74, 6) is 0. The van der Waals surface area contributed by atoms with Gasteiger partial charge in [-0.05, 0) is 18.4 Å². The molecule has 2 aromatic heterocycles. The average Bonchev–Trinajstić information content (AvgIpc) is 2.98. The van der Waals surface area contributed by atoms with Gasteiger partial charge in [-0.1, -0.05) is 23.2 Å². The number of alkyl halides is 3. The first-order valence-electron chi connectivity index (χ1n) is 6.78. The third-order valence-electron chi connectivity index (χ3n) is 3.29. The number of aromatic nitrogens is 4. The zero-order valence-corrected chi connectivity index (χ0v) is 14.9. The van der Waals surface area contributed by atoms with E-state index >= 15 is 0 Å². The Hall–Kier alpha value is -1.77. The van der Waals surface area contributed by atoms with Crippen LogP contribution in [0, 0.1) is 0 Å². The first-order chi connectivity index (χ1) is 11.8. The molecule has 3 rings (SSSR count). The van der Waals surface area contributed by atoms with E-state index in [1.807, 2.05) is 6.26 Å². The van der Waals surface area contributed by atoms with Crippen molar-refractivity contribution in [1.82, 2.24) is 19.7 Å². The van der Waals surface area contributed by atoms with Gasteiger partial charge in [0.2, 0.25) is 0 Å². The third kappa shape index (κ3) is 3.61. The van der Waals surface area contributed by atoms with Crippen LogP contribution in [0.1, 0.15) is 5.56 Å². The molecule has 1 aromatic carbocycles.